The third kappa shape index (κ3) is 5.81. The fourth-order valence-electron chi connectivity index (χ4n) is 2.94. The second-order valence-corrected chi connectivity index (χ2v) is 7.18. The summed E-state index contributed by atoms with van der Waals surface area (Å²) in [4.78, 5) is 0. The highest BCUT2D eigenvalue weighted by atomic mass is 32.1. The summed E-state index contributed by atoms with van der Waals surface area (Å²) in [5.74, 6) is 1.32. The van der Waals surface area contributed by atoms with Gasteiger partial charge in [-0.15, -0.1) is 0 Å². The quantitative estimate of drug-likeness (QED) is 0.313. The molecule has 0 aromatic heterocycles. The molecule has 0 aliphatic rings. The number of ether oxygens (including phenoxy) is 2. The van der Waals surface area contributed by atoms with E-state index in [9.17, 15) is 0 Å². The maximum absolute atomic E-state index is 5.94. The van der Waals surface area contributed by atoms with Gasteiger partial charge in [0.1, 0.15) is 6.61 Å². The number of para-hydroxylation sites is 1. The van der Waals surface area contributed by atoms with Crippen LogP contribution in [0.15, 0.2) is 71.8 Å². The highest BCUT2D eigenvalue weighted by Gasteiger charge is 2.06. The van der Waals surface area contributed by atoms with Crippen molar-refractivity contribution in [3.63, 3.8) is 0 Å². The van der Waals surface area contributed by atoms with Gasteiger partial charge in [0.15, 0.2) is 16.6 Å². The molecule has 6 heteroatoms. The summed E-state index contributed by atoms with van der Waals surface area (Å²) in [5.41, 5.74) is 8.05. The number of nitrogens with zero attached hydrogens (tertiary/aromatic N) is 1. The zero-order chi connectivity index (χ0) is 21.3. The fraction of sp³-hybridized carbons (Fsp3) is 0.167. The molecule has 3 aromatic carbocycles. The molecule has 0 saturated heterocycles. The minimum absolute atomic E-state index is 0.428. The van der Waals surface area contributed by atoms with Gasteiger partial charge in [-0.2, -0.15) is 5.10 Å². The van der Waals surface area contributed by atoms with E-state index < -0.39 is 0 Å². The molecular weight excluding hydrogens is 394 g/mol. The lowest BCUT2D eigenvalue weighted by atomic mass is 10.1. The molecule has 0 heterocycles. The molecule has 0 amide bonds. The molecule has 0 radical (unpaired) electrons. The molecule has 0 atom stereocenters. The van der Waals surface area contributed by atoms with Crippen LogP contribution in [0, 0.1) is 13.8 Å². The Balaban J connectivity index is 1.62. The topological polar surface area (TPSA) is 54.9 Å². The van der Waals surface area contributed by atoms with Crippen LogP contribution < -0.4 is 20.2 Å². The van der Waals surface area contributed by atoms with E-state index in [4.69, 9.17) is 21.7 Å². The van der Waals surface area contributed by atoms with Crippen molar-refractivity contribution in [3.8, 4) is 11.5 Å². The standard InChI is InChI=1S/C24H25N3O2S/c1-17-8-7-9-18(2)23(17)26-24(30)27-25-15-20-12-13-21(28-3)22(14-20)29-16-19-10-5-4-6-11-19/h4-15H,16H2,1-3H3,(H2,26,27,30)/b25-15+. The van der Waals surface area contributed by atoms with Gasteiger partial charge in [0.2, 0.25) is 0 Å². The van der Waals surface area contributed by atoms with Crippen molar-refractivity contribution >= 4 is 29.2 Å². The number of anilines is 1. The smallest absolute Gasteiger partial charge is 0.191 e. The average Bonchev–Trinajstić information content (AvgIpc) is 2.76. The van der Waals surface area contributed by atoms with Gasteiger partial charge >= 0.3 is 0 Å². The van der Waals surface area contributed by atoms with Gasteiger partial charge in [0.05, 0.1) is 13.3 Å². The van der Waals surface area contributed by atoms with Crippen LogP contribution in [0.4, 0.5) is 5.69 Å². The first-order valence-electron chi connectivity index (χ1n) is 9.58. The number of hydrazone groups is 1. The van der Waals surface area contributed by atoms with Crippen molar-refractivity contribution < 1.29 is 9.47 Å². The molecule has 0 saturated carbocycles. The Morgan fingerprint density at radius 1 is 0.967 bits per heavy atom. The second kappa shape index (κ2) is 10.4. The lowest BCUT2D eigenvalue weighted by Gasteiger charge is -2.13. The van der Waals surface area contributed by atoms with Crippen LogP contribution in [0.3, 0.4) is 0 Å². The Hall–Kier alpha value is -3.38. The van der Waals surface area contributed by atoms with E-state index in [2.05, 4.69) is 15.8 Å². The molecule has 5 nitrogen and oxygen atoms in total. The molecule has 2 N–H and O–H groups in total. The van der Waals surface area contributed by atoms with E-state index in [0.717, 1.165) is 27.9 Å². The van der Waals surface area contributed by atoms with Crippen molar-refractivity contribution in [2.75, 3.05) is 12.4 Å². The van der Waals surface area contributed by atoms with E-state index in [-0.39, 0.29) is 0 Å². The molecular formula is C24H25N3O2S. The Bertz CT molecular complexity index is 1020. The van der Waals surface area contributed by atoms with Crippen molar-refractivity contribution in [2.45, 2.75) is 20.5 Å². The third-order valence-electron chi connectivity index (χ3n) is 4.52. The first kappa shape index (κ1) is 21.3. The van der Waals surface area contributed by atoms with Crippen molar-refractivity contribution in [2.24, 2.45) is 5.10 Å². The number of aryl methyl sites for hydroxylation is 2. The van der Waals surface area contributed by atoms with E-state index >= 15 is 0 Å². The number of hydrogen-bond acceptors (Lipinski definition) is 4. The van der Waals surface area contributed by atoms with Crippen LogP contribution in [0.5, 0.6) is 11.5 Å². The Morgan fingerprint density at radius 3 is 2.40 bits per heavy atom. The van der Waals surface area contributed by atoms with Gasteiger partial charge in [-0.25, -0.2) is 0 Å². The van der Waals surface area contributed by atoms with E-state index in [1.54, 1.807) is 13.3 Å². The first-order chi connectivity index (χ1) is 14.6. The maximum Gasteiger partial charge on any atom is 0.191 e. The Kier molecular flexibility index (Phi) is 7.40. The average molecular weight is 420 g/mol. The van der Waals surface area contributed by atoms with Gasteiger partial charge in [0.25, 0.3) is 0 Å². The van der Waals surface area contributed by atoms with Crippen LogP contribution in [-0.2, 0) is 6.61 Å². The van der Waals surface area contributed by atoms with Crippen LogP contribution in [0.2, 0.25) is 0 Å². The Morgan fingerprint density at radius 2 is 1.70 bits per heavy atom. The van der Waals surface area contributed by atoms with Crippen LogP contribution in [0.25, 0.3) is 0 Å². The summed E-state index contributed by atoms with van der Waals surface area (Å²) in [7, 11) is 1.62. The van der Waals surface area contributed by atoms with Gasteiger partial charge < -0.3 is 14.8 Å². The molecule has 0 unspecified atom stereocenters. The zero-order valence-corrected chi connectivity index (χ0v) is 18.1. The summed E-state index contributed by atoms with van der Waals surface area (Å²) in [6, 6.07) is 21.7. The fourth-order valence-corrected chi connectivity index (χ4v) is 3.10. The van der Waals surface area contributed by atoms with Gasteiger partial charge in [-0.05, 0) is 66.5 Å². The van der Waals surface area contributed by atoms with Crippen molar-refractivity contribution in [3.05, 3.63) is 89.0 Å². The number of benzene rings is 3. The molecule has 0 aliphatic carbocycles. The monoisotopic (exact) mass is 419 g/mol. The molecule has 30 heavy (non-hydrogen) atoms. The normalized spacial score (nSPS) is 10.6. The molecule has 3 aromatic rings. The van der Waals surface area contributed by atoms with Gasteiger partial charge in [-0.1, -0.05) is 48.5 Å². The maximum atomic E-state index is 5.94. The highest BCUT2D eigenvalue weighted by Crippen LogP contribution is 2.28. The number of thiocarbonyl (C=S) groups is 1. The first-order valence-corrected chi connectivity index (χ1v) is 9.98. The molecule has 154 valence electrons. The minimum atomic E-state index is 0.428. The highest BCUT2D eigenvalue weighted by molar-refractivity contribution is 7.80. The molecule has 3 rings (SSSR count). The van der Waals surface area contributed by atoms with E-state index in [0.29, 0.717) is 23.2 Å². The minimum Gasteiger partial charge on any atom is -0.493 e. The number of methoxy groups -OCH3 is 1. The predicted molar refractivity (Wildman–Crippen MR) is 127 cm³/mol. The molecule has 0 spiro atoms. The van der Waals surface area contributed by atoms with Gasteiger partial charge in [-0.3, -0.25) is 5.43 Å². The zero-order valence-electron chi connectivity index (χ0n) is 17.3. The number of hydrogen-bond donors (Lipinski definition) is 2. The lowest BCUT2D eigenvalue weighted by molar-refractivity contribution is 0.284. The third-order valence-corrected chi connectivity index (χ3v) is 4.72. The summed E-state index contributed by atoms with van der Waals surface area (Å²) in [5, 5.41) is 7.86. The SMILES string of the molecule is COc1ccc(/C=N/NC(=S)Nc2c(C)cccc2C)cc1OCc1ccccc1. The van der Waals surface area contributed by atoms with Gasteiger partial charge in [0, 0.05) is 5.69 Å². The van der Waals surface area contributed by atoms with Crippen LogP contribution in [0.1, 0.15) is 22.3 Å². The summed E-state index contributed by atoms with van der Waals surface area (Å²) in [6.45, 7) is 4.53. The molecule has 0 aliphatic heterocycles. The summed E-state index contributed by atoms with van der Waals surface area (Å²) in [6.07, 6.45) is 1.69. The van der Waals surface area contributed by atoms with Crippen LogP contribution in [-0.4, -0.2) is 18.4 Å². The Labute approximate surface area is 182 Å². The molecule has 0 bridgehead atoms. The second-order valence-electron chi connectivity index (χ2n) is 6.78. The van der Waals surface area contributed by atoms with E-state index in [1.807, 2.05) is 80.6 Å². The summed E-state index contributed by atoms with van der Waals surface area (Å²) < 4.78 is 11.3. The molecule has 0 fully saturated rings. The number of nitrogens with one attached hydrogen (secondary N) is 2. The van der Waals surface area contributed by atoms with Crippen LogP contribution >= 0.6 is 12.2 Å². The largest absolute Gasteiger partial charge is 0.493 e. The van der Waals surface area contributed by atoms with E-state index in [1.165, 1.54) is 0 Å². The van der Waals surface area contributed by atoms with Crippen molar-refractivity contribution in [1.82, 2.24) is 5.43 Å². The lowest BCUT2D eigenvalue weighted by Crippen LogP contribution is -2.24. The predicted octanol–water partition coefficient (Wildman–Crippen LogP) is 5.21. The summed E-state index contributed by atoms with van der Waals surface area (Å²) >= 11 is 5.35. The van der Waals surface area contributed by atoms with Crippen molar-refractivity contribution in [1.29, 1.82) is 0 Å². The number of rotatable bonds is 7.